The highest BCUT2D eigenvalue weighted by molar-refractivity contribution is 6.39. The van der Waals surface area contributed by atoms with Crippen LogP contribution in [0.15, 0.2) is 60.7 Å². The third kappa shape index (κ3) is 7.40. The van der Waals surface area contributed by atoms with Crippen LogP contribution in [0.25, 0.3) is 0 Å². The number of methoxy groups -OCH3 is 1. The molecule has 0 radical (unpaired) electrons. The van der Waals surface area contributed by atoms with Crippen LogP contribution in [0, 0.1) is 5.92 Å². The monoisotopic (exact) mass is 583 g/mol. The van der Waals surface area contributed by atoms with Gasteiger partial charge in [-0.25, -0.2) is 4.79 Å². The van der Waals surface area contributed by atoms with Crippen LogP contribution in [0.4, 0.5) is 16.2 Å². The van der Waals surface area contributed by atoms with E-state index in [4.69, 9.17) is 33.7 Å². The van der Waals surface area contributed by atoms with Gasteiger partial charge < -0.3 is 15.4 Å². The molecule has 8 nitrogen and oxygen atoms in total. The van der Waals surface area contributed by atoms with E-state index >= 15 is 0 Å². The van der Waals surface area contributed by atoms with Crippen LogP contribution in [0.5, 0.6) is 0 Å². The Balaban J connectivity index is 1.78. The second-order valence-electron chi connectivity index (χ2n) is 9.56. The standard InChI is InChI=1S/C30H31Cl2N3O5/c1-34(2)21-12-13-25(35(3)30(33)39)22(17-21)26(36)15-19-10-8-18(9-11-19)14-20(29(38)40-4)16-27(37)28-23(31)6-5-7-24(28)32/h5-13,17,20H,14-16H2,1-4H3,(H2,33,39)/t20-/m1/s1. The smallest absolute Gasteiger partial charge is 0.319 e. The van der Waals surface area contributed by atoms with E-state index in [2.05, 4.69) is 0 Å². The number of amides is 2. The van der Waals surface area contributed by atoms with E-state index in [1.54, 1.807) is 54.6 Å². The van der Waals surface area contributed by atoms with Crippen LogP contribution in [0.2, 0.25) is 10.0 Å². The number of rotatable bonds is 11. The molecule has 3 aromatic rings. The van der Waals surface area contributed by atoms with Crippen molar-refractivity contribution >= 4 is 58.1 Å². The number of urea groups is 1. The van der Waals surface area contributed by atoms with Gasteiger partial charge in [-0.3, -0.25) is 19.3 Å². The summed E-state index contributed by atoms with van der Waals surface area (Å²) in [5.41, 5.74) is 8.75. The number of hydrogen-bond donors (Lipinski definition) is 1. The third-order valence-electron chi connectivity index (χ3n) is 6.57. The summed E-state index contributed by atoms with van der Waals surface area (Å²) in [5, 5.41) is 0.438. The Morgan fingerprint density at radius 1 is 0.875 bits per heavy atom. The maximum atomic E-state index is 13.3. The number of ketones is 2. The minimum absolute atomic E-state index is 0.0840. The summed E-state index contributed by atoms with van der Waals surface area (Å²) < 4.78 is 4.94. The van der Waals surface area contributed by atoms with Crippen molar-refractivity contribution < 1.29 is 23.9 Å². The molecule has 0 spiro atoms. The number of halogens is 2. The van der Waals surface area contributed by atoms with Gasteiger partial charge in [0.05, 0.1) is 34.3 Å². The van der Waals surface area contributed by atoms with E-state index in [9.17, 15) is 19.2 Å². The molecular weight excluding hydrogens is 553 g/mol. The zero-order chi connectivity index (χ0) is 29.6. The van der Waals surface area contributed by atoms with Crippen molar-refractivity contribution in [2.45, 2.75) is 19.3 Å². The molecule has 0 aliphatic carbocycles. The van der Waals surface area contributed by atoms with Crippen LogP contribution in [0.1, 0.15) is 38.3 Å². The van der Waals surface area contributed by atoms with Gasteiger partial charge in [0, 0.05) is 45.2 Å². The molecule has 0 unspecified atom stereocenters. The summed E-state index contributed by atoms with van der Waals surface area (Å²) in [7, 11) is 6.50. The second kappa shape index (κ2) is 13.5. The second-order valence-corrected chi connectivity index (χ2v) is 10.4. The Labute approximate surface area is 243 Å². The van der Waals surface area contributed by atoms with Crippen molar-refractivity contribution in [1.29, 1.82) is 0 Å². The molecule has 0 aliphatic heterocycles. The minimum atomic E-state index is -0.752. The average Bonchev–Trinajstić information content (AvgIpc) is 2.92. The normalized spacial score (nSPS) is 11.4. The molecule has 3 aromatic carbocycles. The van der Waals surface area contributed by atoms with E-state index in [0.29, 0.717) is 11.3 Å². The molecule has 2 amide bonds. The molecule has 0 saturated heterocycles. The molecule has 3 rings (SSSR count). The van der Waals surface area contributed by atoms with Crippen molar-refractivity contribution in [3.05, 3.63) is 93.0 Å². The molecule has 0 bridgehead atoms. The van der Waals surface area contributed by atoms with E-state index < -0.39 is 17.9 Å². The van der Waals surface area contributed by atoms with Crippen LogP contribution in [-0.4, -0.2) is 51.8 Å². The molecule has 10 heteroatoms. The van der Waals surface area contributed by atoms with Gasteiger partial charge in [-0.15, -0.1) is 0 Å². The summed E-state index contributed by atoms with van der Waals surface area (Å²) in [6.07, 6.45) is 0.197. The van der Waals surface area contributed by atoms with Crippen molar-refractivity contribution in [2.75, 3.05) is 38.1 Å². The van der Waals surface area contributed by atoms with Gasteiger partial charge in [-0.1, -0.05) is 53.5 Å². The van der Waals surface area contributed by atoms with Gasteiger partial charge in [-0.2, -0.15) is 0 Å². The number of benzene rings is 3. The summed E-state index contributed by atoms with van der Waals surface area (Å²) in [6, 6.07) is 16.5. The molecular formula is C30H31Cl2N3O5. The Morgan fingerprint density at radius 2 is 1.48 bits per heavy atom. The molecule has 0 heterocycles. The van der Waals surface area contributed by atoms with Crippen LogP contribution >= 0.6 is 23.2 Å². The Kier molecular flexibility index (Phi) is 10.3. The number of nitrogens with zero attached hydrogens (tertiary/aromatic N) is 2. The number of hydrogen-bond acceptors (Lipinski definition) is 6. The molecule has 0 aliphatic rings. The van der Waals surface area contributed by atoms with E-state index in [1.165, 1.54) is 19.1 Å². The maximum Gasteiger partial charge on any atom is 0.319 e. The molecule has 210 valence electrons. The van der Waals surface area contributed by atoms with Crippen molar-refractivity contribution in [2.24, 2.45) is 11.7 Å². The quantitative estimate of drug-likeness (QED) is 0.232. The Morgan fingerprint density at radius 3 is 2.02 bits per heavy atom. The predicted molar refractivity (Wildman–Crippen MR) is 158 cm³/mol. The van der Waals surface area contributed by atoms with Gasteiger partial charge in [0.25, 0.3) is 0 Å². The fourth-order valence-corrected chi connectivity index (χ4v) is 4.90. The van der Waals surface area contributed by atoms with Gasteiger partial charge in [0.2, 0.25) is 0 Å². The van der Waals surface area contributed by atoms with Gasteiger partial charge in [0.15, 0.2) is 11.6 Å². The van der Waals surface area contributed by atoms with E-state index in [-0.39, 0.29) is 46.4 Å². The summed E-state index contributed by atoms with van der Waals surface area (Å²) in [6.45, 7) is 0. The molecule has 0 saturated carbocycles. The first-order valence-electron chi connectivity index (χ1n) is 12.4. The van der Waals surface area contributed by atoms with Gasteiger partial charge in [0.1, 0.15) is 0 Å². The molecule has 0 fully saturated rings. The fraction of sp³-hybridized carbons (Fsp3) is 0.267. The lowest BCUT2D eigenvalue weighted by atomic mass is 9.91. The Hall–Kier alpha value is -3.88. The van der Waals surface area contributed by atoms with Crippen molar-refractivity contribution in [3.8, 4) is 0 Å². The number of carbonyl (C=O) groups excluding carboxylic acids is 4. The van der Waals surface area contributed by atoms with Crippen molar-refractivity contribution in [1.82, 2.24) is 0 Å². The molecule has 40 heavy (non-hydrogen) atoms. The van der Waals surface area contributed by atoms with E-state index in [1.807, 2.05) is 25.1 Å². The zero-order valence-electron chi connectivity index (χ0n) is 22.7. The number of anilines is 2. The lowest BCUT2D eigenvalue weighted by Gasteiger charge is -2.21. The van der Waals surface area contributed by atoms with Crippen LogP contribution < -0.4 is 15.5 Å². The molecule has 2 N–H and O–H groups in total. The number of ether oxygens (including phenoxy) is 1. The lowest BCUT2D eigenvalue weighted by Crippen LogP contribution is -2.33. The average molecular weight is 585 g/mol. The predicted octanol–water partition coefficient (Wildman–Crippen LogP) is 5.60. The number of esters is 1. The van der Waals surface area contributed by atoms with Crippen LogP contribution in [-0.2, 0) is 22.4 Å². The first-order chi connectivity index (χ1) is 18.9. The van der Waals surface area contributed by atoms with Crippen molar-refractivity contribution in [3.63, 3.8) is 0 Å². The minimum Gasteiger partial charge on any atom is -0.469 e. The number of nitrogens with two attached hydrogens (primary N) is 1. The highest BCUT2D eigenvalue weighted by atomic mass is 35.5. The van der Waals surface area contributed by atoms with Gasteiger partial charge in [-0.05, 0) is 47.9 Å². The number of carbonyl (C=O) groups is 4. The number of primary amides is 1. The third-order valence-corrected chi connectivity index (χ3v) is 7.20. The topological polar surface area (TPSA) is 110 Å². The largest absolute Gasteiger partial charge is 0.469 e. The molecule has 1 atom stereocenters. The van der Waals surface area contributed by atoms with E-state index in [0.717, 1.165) is 16.8 Å². The van der Waals surface area contributed by atoms with Gasteiger partial charge >= 0.3 is 12.0 Å². The first-order valence-corrected chi connectivity index (χ1v) is 13.2. The highest BCUT2D eigenvalue weighted by Crippen LogP contribution is 2.29. The fourth-order valence-electron chi connectivity index (χ4n) is 4.29. The molecule has 0 aromatic heterocycles. The zero-order valence-corrected chi connectivity index (χ0v) is 24.3. The summed E-state index contributed by atoms with van der Waals surface area (Å²) in [4.78, 5) is 53.7. The SMILES string of the molecule is COC(=O)[C@@H](CC(=O)c1c(Cl)cccc1Cl)Cc1ccc(CC(=O)c2cc(N(C)C)ccc2N(C)C(N)=O)cc1. The number of Topliss-reactive ketones (excluding diaryl/α,β-unsaturated/α-hetero) is 2. The summed E-state index contributed by atoms with van der Waals surface area (Å²) >= 11 is 12.3. The highest BCUT2D eigenvalue weighted by Gasteiger charge is 2.26. The maximum absolute atomic E-state index is 13.3. The van der Waals surface area contributed by atoms with Crippen LogP contribution in [0.3, 0.4) is 0 Å². The first kappa shape index (κ1) is 30.7. The Bertz CT molecular complexity index is 1400. The lowest BCUT2D eigenvalue weighted by molar-refractivity contribution is -0.145. The summed E-state index contributed by atoms with van der Waals surface area (Å²) in [5.74, 6) is -1.82.